The van der Waals surface area contributed by atoms with E-state index in [1.165, 1.54) is 5.56 Å². The topological polar surface area (TPSA) is 30.5 Å². The SMILES string of the molecule is COc1cc(CNCC(C)C)cc(Br)c1OC(C)C. The molecule has 0 fully saturated rings. The van der Waals surface area contributed by atoms with E-state index in [0.29, 0.717) is 5.92 Å². The van der Waals surface area contributed by atoms with Gasteiger partial charge in [0.15, 0.2) is 11.5 Å². The van der Waals surface area contributed by atoms with Gasteiger partial charge in [0.05, 0.1) is 17.7 Å². The zero-order valence-electron chi connectivity index (χ0n) is 12.4. The van der Waals surface area contributed by atoms with Crippen LogP contribution in [0.25, 0.3) is 0 Å². The van der Waals surface area contributed by atoms with Crippen LogP contribution in [0.3, 0.4) is 0 Å². The Labute approximate surface area is 124 Å². The van der Waals surface area contributed by atoms with Gasteiger partial charge in [0.2, 0.25) is 0 Å². The number of hydrogen-bond acceptors (Lipinski definition) is 3. The average Bonchev–Trinajstić information content (AvgIpc) is 2.31. The number of methoxy groups -OCH3 is 1. The summed E-state index contributed by atoms with van der Waals surface area (Å²) in [5.74, 6) is 2.18. The fourth-order valence-corrected chi connectivity index (χ4v) is 2.31. The molecule has 1 N–H and O–H groups in total. The molecule has 0 unspecified atom stereocenters. The quantitative estimate of drug-likeness (QED) is 0.820. The van der Waals surface area contributed by atoms with Gasteiger partial charge in [-0.15, -0.1) is 0 Å². The zero-order chi connectivity index (χ0) is 14.4. The van der Waals surface area contributed by atoms with Gasteiger partial charge in [-0.2, -0.15) is 0 Å². The summed E-state index contributed by atoms with van der Waals surface area (Å²) in [5.41, 5.74) is 1.18. The Bertz CT molecular complexity index is 405. The van der Waals surface area contributed by atoms with Gasteiger partial charge in [-0.25, -0.2) is 0 Å². The van der Waals surface area contributed by atoms with Crippen molar-refractivity contribution in [3.05, 3.63) is 22.2 Å². The number of benzene rings is 1. The highest BCUT2D eigenvalue weighted by Gasteiger charge is 2.13. The molecule has 0 atom stereocenters. The fourth-order valence-electron chi connectivity index (χ4n) is 1.73. The van der Waals surface area contributed by atoms with E-state index in [2.05, 4.69) is 41.2 Å². The van der Waals surface area contributed by atoms with Crippen LogP contribution in [-0.2, 0) is 6.54 Å². The van der Waals surface area contributed by atoms with Gasteiger partial charge in [0, 0.05) is 6.54 Å². The Morgan fingerprint density at radius 3 is 2.42 bits per heavy atom. The largest absolute Gasteiger partial charge is 0.493 e. The molecule has 3 nitrogen and oxygen atoms in total. The maximum atomic E-state index is 5.77. The third-order valence-corrected chi connectivity index (χ3v) is 3.11. The van der Waals surface area contributed by atoms with Crippen molar-refractivity contribution in [3.63, 3.8) is 0 Å². The summed E-state index contributed by atoms with van der Waals surface area (Å²) < 4.78 is 12.1. The standard InChI is InChI=1S/C15H24BrNO2/c1-10(2)8-17-9-12-6-13(16)15(19-11(3)4)14(7-12)18-5/h6-7,10-11,17H,8-9H2,1-5H3. The van der Waals surface area contributed by atoms with Crippen LogP contribution in [0.5, 0.6) is 11.5 Å². The van der Waals surface area contributed by atoms with Crippen molar-refractivity contribution >= 4 is 15.9 Å². The molecule has 108 valence electrons. The lowest BCUT2D eigenvalue weighted by Gasteiger charge is -2.17. The normalized spacial score (nSPS) is 11.2. The Morgan fingerprint density at radius 1 is 1.21 bits per heavy atom. The van der Waals surface area contributed by atoms with E-state index in [1.54, 1.807) is 7.11 Å². The van der Waals surface area contributed by atoms with Gasteiger partial charge < -0.3 is 14.8 Å². The van der Waals surface area contributed by atoms with Crippen molar-refractivity contribution in [1.82, 2.24) is 5.32 Å². The second kappa shape index (κ2) is 7.75. The second-order valence-electron chi connectivity index (χ2n) is 5.30. The summed E-state index contributed by atoms with van der Waals surface area (Å²) in [6.45, 7) is 10.2. The average molecular weight is 330 g/mol. The van der Waals surface area contributed by atoms with E-state index in [9.17, 15) is 0 Å². The van der Waals surface area contributed by atoms with E-state index in [4.69, 9.17) is 9.47 Å². The highest BCUT2D eigenvalue weighted by Crippen LogP contribution is 2.37. The molecule has 19 heavy (non-hydrogen) atoms. The van der Waals surface area contributed by atoms with E-state index >= 15 is 0 Å². The summed E-state index contributed by atoms with van der Waals surface area (Å²) in [4.78, 5) is 0. The number of nitrogens with one attached hydrogen (secondary N) is 1. The van der Waals surface area contributed by atoms with Crippen LogP contribution in [0.1, 0.15) is 33.3 Å². The van der Waals surface area contributed by atoms with Crippen molar-refractivity contribution < 1.29 is 9.47 Å². The van der Waals surface area contributed by atoms with Crippen molar-refractivity contribution in [2.75, 3.05) is 13.7 Å². The van der Waals surface area contributed by atoms with Crippen molar-refractivity contribution in [3.8, 4) is 11.5 Å². The summed E-state index contributed by atoms with van der Waals surface area (Å²) in [7, 11) is 1.67. The Kier molecular flexibility index (Phi) is 6.66. The number of ether oxygens (including phenoxy) is 2. The van der Waals surface area contributed by atoms with Gasteiger partial charge in [-0.3, -0.25) is 0 Å². The lowest BCUT2D eigenvalue weighted by Crippen LogP contribution is -2.19. The van der Waals surface area contributed by atoms with Crippen LogP contribution < -0.4 is 14.8 Å². The molecule has 0 aromatic heterocycles. The van der Waals surface area contributed by atoms with Crippen LogP contribution >= 0.6 is 15.9 Å². The third-order valence-electron chi connectivity index (χ3n) is 2.52. The monoisotopic (exact) mass is 329 g/mol. The molecule has 1 aromatic rings. The fraction of sp³-hybridized carbons (Fsp3) is 0.600. The first-order valence-corrected chi connectivity index (χ1v) is 7.47. The molecule has 0 amide bonds. The molecule has 0 radical (unpaired) electrons. The number of rotatable bonds is 7. The maximum Gasteiger partial charge on any atom is 0.175 e. The summed E-state index contributed by atoms with van der Waals surface area (Å²) >= 11 is 3.56. The first kappa shape index (κ1) is 16.3. The molecular formula is C15H24BrNO2. The Hall–Kier alpha value is -0.740. The minimum absolute atomic E-state index is 0.120. The molecule has 0 spiro atoms. The van der Waals surface area contributed by atoms with Crippen LogP contribution in [0.2, 0.25) is 0 Å². The lowest BCUT2D eigenvalue weighted by molar-refractivity contribution is 0.228. The zero-order valence-corrected chi connectivity index (χ0v) is 14.0. The van der Waals surface area contributed by atoms with Gasteiger partial charge in [0.1, 0.15) is 0 Å². The summed E-state index contributed by atoms with van der Waals surface area (Å²) in [5, 5.41) is 3.42. The molecule has 1 aromatic carbocycles. The minimum Gasteiger partial charge on any atom is -0.493 e. The van der Waals surface area contributed by atoms with Gasteiger partial charge in [-0.1, -0.05) is 13.8 Å². The highest BCUT2D eigenvalue weighted by atomic mass is 79.9. The molecule has 0 saturated carbocycles. The lowest BCUT2D eigenvalue weighted by atomic mass is 10.1. The molecule has 0 aliphatic carbocycles. The molecule has 0 heterocycles. The van der Waals surface area contributed by atoms with E-state index in [1.807, 2.05) is 19.9 Å². The third kappa shape index (κ3) is 5.41. The van der Waals surface area contributed by atoms with Crippen LogP contribution in [0, 0.1) is 5.92 Å². The Balaban J connectivity index is 2.83. The van der Waals surface area contributed by atoms with E-state index < -0.39 is 0 Å². The van der Waals surface area contributed by atoms with E-state index in [0.717, 1.165) is 29.1 Å². The second-order valence-corrected chi connectivity index (χ2v) is 6.15. The summed E-state index contributed by atoms with van der Waals surface area (Å²) in [6, 6.07) is 4.10. The Morgan fingerprint density at radius 2 is 1.89 bits per heavy atom. The summed E-state index contributed by atoms with van der Waals surface area (Å²) in [6.07, 6.45) is 0.120. The molecule has 0 aliphatic heterocycles. The molecule has 0 bridgehead atoms. The highest BCUT2D eigenvalue weighted by molar-refractivity contribution is 9.10. The molecule has 1 rings (SSSR count). The number of hydrogen-bond donors (Lipinski definition) is 1. The molecule has 0 aliphatic rings. The molecule has 0 saturated heterocycles. The van der Waals surface area contributed by atoms with Gasteiger partial charge in [0.25, 0.3) is 0 Å². The predicted molar refractivity (Wildman–Crippen MR) is 83.0 cm³/mol. The van der Waals surface area contributed by atoms with Crippen molar-refractivity contribution in [1.29, 1.82) is 0 Å². The smallest absolute Gasteiger partial charge is 0.175 e. The van der Waals surface area contributed by atoms with Gasteiger partial charge in [-0.05, 0) is 59.9 Å². The molecular weight excluding hydrogens is 306 g/mol. The van der Waals surface area contributed by atoms with Crippen molar-refractivity contribution in [2.45, 2.75) is 40.3 Å². The van der Waals surface area contributed by atoms with Crippen LogP contribution in [0.15, 0.2) is 16.6 Å². The van der Waals surface area contributed by atoms with Crippen LogP contribution in [0.4, 0.5) is 0 Å². The number of halogens is 1. The van der Waals surface area contributed by atoms with Gasteiger partial charge >= 0.3 is 0 Å². The first-order chi connectivity index (χ1) is 8.93. The molecule has 4 heteroatoms. The maximum absolute atomic E-state index is 5.77. The predicted octanol–water partition coefficient (Wildman–Crippen LogP) is 3.99. The van der Waals surface area contributed by atoms with Crippen molar-refractivity contribution in [2.24, 2.45) is 5.92 Å². The first-order valence-electron chi connectivity index (χ1n) is 6.67. The van der Waals surface area contributed by atoms with E-state index in [-0.39, 0.29) is 6.10 Å². The minimum atomic E-state index is 0.120. The van der Waals surface area contributed by atoms with Crippen LogP contribution in [-0.4, -0.2) is 19.8 Å².